The second-order valence-corrected chi connectivity index (χ2v) is 8.79. The number of rotatable bonds is 12. The SMILES string of the molecule is CC(C)CC(N)C(=O)N(C(=O)C(N)CCCNC(=N)N)C(Cc1c[nH]c2ccccc12)C(=O)O. The zero-order chi connectivity index (χ0) is 25.4. The number of nitrogens with one attached hydrogen (secondary N) is 3. The second kappa shape index (κ2) is 12.1. The van der Waals surface area contributed by atoms with Crippen molar-refractivity contribution >= 4 is 34.6 Å². The maximum absolute atomic E-state index is 13.3. The van der Waals surface area contributed by atoms with E-state index in [1.165, 1.54) is 0 Å². The van der Waals surface area contributed by atoms with Crippen LogP contribution in [0, 0.1) is 11.3 Å². The van der Waals surface area contributed by atoms with Crippen LogP contribution in [0.25, 0.3) is 10.9 Å². The van der Waals surface area contributed by atoms with E-state index in [2.05, 4.69) is 10.3 Å². The highest BCUT2D eigenvalue weighted by Crippen LogP contribution is 2.22. The van der Waals surface area contributed by atoms with E-state index in [0.29, 0.717) is 24.9 Å². The number of nitrogens with two attached hydrogens (primary N) is 3. The monoisotopic (exact) mass is 473 g/mol. The number of carbonyl (C=O) groups is 3. The minimum absolute atomic E-state index is 0.0686. The number of nitrogens with zero attached hydrogens (tertiary/aromatic N) is 1. The van der Waals surface area contributed by atoms with Crippen LogP contribution in [-0.4, -0.2) is 63.4 Å². The van der Waals surface area contributed by atoms with E-state index < -0.39 is 35.9 Å². The summed E-state index contributed by atoms with van der Waals surface area (Å²) in [5.41, 5.74) is 18.9. The molecule has 0 saturated heterocycles. The molecule has 34 heavy (non-hydrogen) atoms. The quantitative estimate of drug-likeness (QED) is 0.131. The Kier molecular flexibility index (Phi) is 9.58. The molecule has 186 valence electrons. The van der Waals surface area contributed by atoms with E-state index in [1.54, 1.807) is 6.20 Å². The van der Waals surface area contributed by atoms with Gasteiger partial charge in [-0.2, -0.15) is 0 Å². The van der Waals surface area contributed by atoms with Crippen molar-refractivity contribution in [2.45, 2.75) is 57.7 Å². The van der Waals surface area contributed by atoms with Gasteiger partial charge in [0.05, 0.1) is 12.1 Å². The molecule has 0 spiro atoms. The predicted octanol–water partition coefficient (Wildman–Crippen LogP) is 0.483. The van der Waals surface area contributed by atoms with Crippen LogP contribution in [0.3, 0.4) is 0 Å². The minimum atomic E-state index is -1.47. The van der Waals surface area contributed by atoms with Gasteiger partial charge in [-0.15, -0.1) is 0 Å². The summed E-state index contributed by atoms with van der Waals surface area (Å²) >= 11 is 0. The standard InChI is InChI=1S/C23H35N7O4/c1-13(2)10-17(25)21(32)30(20(31)16(24)7-5-9-28-23(26)27)19(22(33)34)11-14-12-29-18-8-4-3-6-15(14)18/h3-4,6,8,12-13,16-17,19,29H,5,7,9-11,24-25H2,1-2H3,(H,33,34)(H4,26,27,28). The number of imide groups is 1. The summed E-state index contributed by atoms with van der Waals surface area (Å²) in [6.07, 6.45) is 2.44. The van der Waals surface area contributed by atoms with Crippen LogP contribution < -0.4 is 22.5 Å². The van der Waals surface area contributed by atoms with Gasteiger partial charge in [0.15, 0.2) is 5.96 Å². The lowest BCUT2D eigenvalue weighted by molar-refractivity contribution is -0.159. The number of aromatic nitrogens is 1. The number of carboxylic acid groups (broad SMARTS) is 1. The fourth-order valence-electron chi connectivity index (χ4n) is 3.85. The smallest absolute Gasteiger partial charge is 0.327 e. The first-order chi connectivity index (χ1) is 16.0. The van der Waals surface area contributed by atoms with E-state index in [0.717, 1.165) is 15.8 Å². The van der Waals surface area contributed by atoms with Crippen molar-refractivity contribution in [2.75, 3.05) is 6.54 Å². The zero-order valence-electron chi connectivity index (χ0n) is 19.6. The van der Waals surface area contributed by atoms with Gasteiger partial charge >= 0.3 is 5.97 Å². The molecule has 2 amide bonds. The number of hydrogen-bond donors (Lipinski definition) is 7. The van der Waals surface area contributed by atoms with Gasteiger partial charge in [0.1, 0.15) is 6.04 Å². The topological polar surface area (TPSA) is 204 Å². The molecule has 0 saturated carbocycles. The van der Waals surface area contributed by atoms with Crippen LogP contribution in [0.15, 0.2) is 30.5 Å². The predicted molar refractivity (Wildman–Crippen MR) is 130 cm³/mol. The maximum atomic E-state index is 13.3. The highest BCUT2D eigenvalue weighted by Gasteiger charge is 2.39. The van der Waals surface area contributed by atoms with Crippen molar-refractivity contribution < 1.29 is 19.5 Å². The van der Waals surface area contributed by atoms with Crippen molar-refractivity contribution in [3.05, 3.63) is 36.0 Å². The Morgan fingerprint density at radius 3 is 2.41 bits per heavy atom. The first kappa shape index (κ1) is 26.8. The van der Waals surface area contributed by atoms with Crippen LogP contribution >= 0.6 is 0 Å². The zero-order valence-corrected chi connectivity index (χ0v) is 19.6. The summed E-state index contributed by atoms with van der Waals surface area (Å²) in [7, 11) is 0. The highest BCUT2D eigenvalue weighted by molar-refractivity contribution is 6.03. The molecular formula is C23H35N7O4. The lowest BCUT2D eigenvalue weighted by Gasteiger charge is -2.32. The second-order valence-electron chi connectivity index (χ2n) is 8.79. The summed E-state index contributed by atoms with van der Waals surface area (Å²) in [5.74, 6) is -3.02. The fraction of sp³-hybridized carbons (Fsp3) is 0.478. The van der Waals surface area contributed by atoms with Gasteiger partial charge in [-0.1, -0.05) is 32.0 Å². The number of fused-ring (bicyclic) bond motifs is 1. The van der Waals surface area contributed by atoms with Gasteiger partial charge in [0.2, 0.25) is 11.8 Å². The van der Waals surface area contributed by atoms with Gasteiger partial charge in [-0.25, -0.2) is 4.79 Å². The Labute approximate surface area is 198 Å². The molecule has 0 aliphatic heterocycles. The van der Waals surface area contributed by atoms with E-state index in [1.807, 2.05) is 38.1 Å². The Bertz CT molecular complexity index is 1020. The van der Waals surface area contributed by atoms with Gasteiger partial charge < -0.3 is 32.6 Å². The number of aliphatic carboxylic acids is 1. The molecule has 3 unspecified atom stereocenters. The van der Waals surface area contributed by atoms with E-state index >= 15 is 0 Å². The van der Waals surface area contributed by atoms with Crippen LogP contribution in [0.4, 0.5) is 0 Å². The lowest BCUT2D eigenvalue weighted by Crippen LogP contribution is -2.59. The molecule has 0 bridgehead atoms. The van der Waals surface area contributed by atoms with Gasteiger partial charge in [-0.05, 0) is 36.8 Å². The molecule has 1 aromatic heterocycles. The van der Waals surface area contributed by atoms with E-state index in [9.17, 15) is 19.5 Å². The molecule has 1 heterocycles. The summed E-state index contributed by atoms with van der Waals surface area (Å²) in [6, 6.07) is 3.74. The van der Waals surface area contributed by atoms with E-state index in [4.69, 9.17) is 22.6 Å². The molecular weight excluding hydrogens is 438 g/mol. The van der Waals surface area contributed by atoms with Crippen molar-refractivity contribution in [1.82, 2.24) is 15.2 Å². The molecule has 0 aliphatic rings. The summed E-state index contributed by atoms with van der Waals surface area (Å²) < 4.78 is 0. The molecule has 3 atom stereocenters. The van der Waals surface area contributed by atoms with Gasteiger partial charge in [0.25, 0.3) is 0 Å². The first-order valence-corrected chi connectivity index (χ1v) is 11.3. The van der Waals surface area contributed by atoms with Crippen molar-refractivity contribution in [3.63, 3.8) is 0 Å². The molecule has 2 aromatic rings. The summed E-state index contributed by atoms with van der Waals surface area (Å²) in [6.45, 7) is 4.08. The van der Waals surface area contributed by atoms with Crippen molar-refractivity contribution in [1.29, 1.82) is 5.41 Å². The Balaban J connectivity index is 2.34. The van der Waals surface area contributed by atoms with Crippen LogP contribution in [-0.2, 0) is 20.8 Å². The Morgan fingerprint density at radius 2 is 1.79 bits per heavy atom. The molecule has 0 aliphatic carbocycles. The van der Waals surface area contributed by atoms with Crippen LogP contribution in [0.2, 0.25) is 0 Å². The number of amides is 2. The highest BCUT2D eigenvalue weighted by atomic mass is 16.4. The van der Waals surface area contributed by atoms with E-state index in [-0.39, 0.29) is 24.7 Å². The number of benzene rings is 1. The largest absolute Gasteiger partial charge is 0.480 e. The normalized spacial score (nSPS) is 13.9. The molecule has 2 rings (SSSR count). The number of carboxylic acids is 1. The molecule has 11 nitrogen and oxygen atoms in total. The third-order valence-electron chi connectivity index (χ3n) is 5.53. The van der Waals surface area contributed by atoms with Crippen LogP contribution in [0.1, 0.15) is 38.7 Å². The Morgan fingerprint density at radius 1 is 1.15 bits per heavy atom. The fourth-order valence-corrected chi connectivity index (χ4v) is 3.85. The molecule has 10 N–H and O–H groups in total. The number of hydrogen-bond acceptors (Lipinski definition) is 6. The molecule has 11 heteroatoms. The molecule has 1 aromatic carbocycles. The summed E-state index contributed by atoms with van der Waals surface area (Å²) in [4.78, 5) is 42.7. The van der Waals surface area contributed by atoms with Crippen molar-refractivity contribution in [2.24, 2.45) is 23.1 Å². The van der Waals surface area contributed by atoms with Crippen LogP contribution in [0.5, 0.6) is 0 Å². The lowest BCUT2D eigenvalue weighted by atomic mass is 9.98. The number of guanidine groups is 1. The average Bonchev–Trinajstić information content (AvgIpc) is 3.18. The first-order valence-electron chi connectivity index (χ1n) is 11.3. The average molecular weight is 474 g/mol. The number of H-pyrrole nitrogens is 1. The Hall–Kier alpha value is -3.44. The maximum Gasteiger partial charge on any atom is 0.327 e. The summed E-state index contributed by atoms with van der Waals surface area (Å²) in [5, 5.41) is 20.6. The third kappa shape index (κ3) is 7.03. The molecule has 0 radical (unpaired) electrons. The number of para-hydroxylation sites is 1. The van der Waals surface area contributed by atoms with Gasteiger partial charge in [-0.3, -0.25) is 19.9 Å². The molecule has 0 fully saturated rings. The van der Waals surface area contributed by atoms with Crippen molar-refractivity contribution in [3.8, 4) is 0 Å². The number of aromatic amines is 1. The van der Waals surface area contributed by atoms with Gasteiger partial charge in [0, 0.05) is 30.1 Å². The third-order valence-corrected chi connectivity index (χ3v) is 5.53. The minimum Gasteiger partial charge on any atom is -0.480 e. The number of carbonyl (C=O) groups excluding carboxylic acids is 2.